The van der Waals surface area contributed by atoms with Crippen molar-refractivity contribution < 1.29 is 17.6 Å². The molecule has 6 nitrogen and oxygen atoms in total. The molecule has 1 heterocycles. The van der Waals surface area contributed by atoms with Crippen LogP contribution in [0.1, 0.15) is 18.9 Å². The van der Waals surface area contributed by atoms with Gasteiger partial charge in [-0.25, -0.2) is 12.8 Å². The standard InChI is InChI=1S/C17H20FN3O3S/c1-3-16(17(22)20-12-13-5-4-10-19-11-13)21(25(2,23)24)15-8-6-14(18)7-9-15/h4-11,16H,3,12H2,1-2H3,(H,20,22). The van der Waals surface area contributed by atoms with Gasteiger partial charge >= 0.3 is 0 Å². The van der Waals surface area contributed by atoms with E-state index in [9.17, 15) is 17.6 Å². The smallest absolute Gasteiger partial charge is 0.244 e. The Morgan fingerprint density at radius 3 is 2.48 bits per heavy atom. The summed E-state index contributed by atoms with van der Waals surface area (Å²) in [5.74, 6) is -0.910. The average Bonchev–Trinajstić information content (AvgIpc) is 2.58. The molecule has 2 aromatic rings. The van der Waals surface area contributed by atoms with Crippen molar-refractivity contribution in [2.45, 2.75) is 25.9 Å². The SMILES string of the molecule is CCC(C(=O)NCc1cccnc1)N(c1ccc(F)cc1)S(C)(=O)=O. The molecule has 134 valence electrons. The monoisotopic (exact) mass is 365 g/mol. The van der Waals surface area contributed by atoms with Crippen molar-refractivity contribution in [2.75, 3.05) is 10.6 Å². The van der Waals surface area contributed by atoms with Gasteiger partial charge in [0.15, 0.2) is 0 Å². The van der Waals surface area contributed by atoms with Gasteiger partial charge in [0.25, 0.3) is 0 Å². The van der Waals surface area contributed by atoms with E-state index >= 15 is 0 Å². The maximum absolute atomic E-state index is 13.1. The van der Waals surface area contributed by atoms with Crippen LogP contribution in [0.2, 0.25) is 0 Å². The van der Waals surface area contributed by atoms with Crippen molar-refractivity contribution in [3.63, 3.8) is 0 Å². The summed E-state index contributed by atoms with van der Waals surface area (Å²) in [6.45, 7) is 1.96. The number of benzene rings is 1. The van der Waals surface area contributed by atoms with E-state index in [4.69, 9.17) is 0 Å². The van der Waals surface area contributed by atoms with Gasteiger partial charge in [-0.15, -0.1) is 0 Å². The largest absolute Gasteiger partial charge is 0.350 e. The molecular formula is C17H20FN3O3S. The predicted molar refractivity (Wildman–Crippen MR) is 93.9 cm³/mol. The topological polar surface area (TPSA) is 79.4 Å². The van der Waals surface area contributed by atoms with Crippen LogP contribution < -0.4 is 9.62 Å². The molecule has 2 rings (SSSR count). The van der Waals surface area contributed by atoms with Crippen LogP contribution in [-0.4, -0.2) is 31.6 Å². The molecule has 0 fully saturated rings. The molecule has 0 aliphatic heterocycles. The van der Waals surface area contributed by atoms with Gasteiger partial charge in [-0.3, -0.25) is 14.1 Å². The zero-order chi connectivity index (χ0) is 18.4. The van der Waals surface area contributed by atoms with Crippen molar-refractivity contribution in [3.8, 4) is 0 Å². The van der Waals surface area contributed by atoms with Crippen LogP contribution in [-0.2, 0) is 21.4 Å². The summed E-state index contributed by atoms with van der Waals surface area (Å²) >= 11 is 0. The normalized spacial score (nSPS) is 12.4. The van der Waals surface area contributed by atoms with Gasteiger partial charge in [0.05, 0.1) is 11.9 Å². The van der Waals surface area contributed by atoms with Gasteiger partial charge in [0.2, 0.25) is 15.9 Å². The molecule has 1 atom stereocenters. The number of hydrogen-bond donors (Lipinski definition) is 1. The fourth-order valence-corrected chi connectivity index (χ4v) is 3.67. The lowest BCUT2D eigenvalue weighted by atomic mass is 10.2. The van der Waals surface area contributed by atoms with Crippen molar-refractivity contribution >= 4 is 21.6 Å². The molecule has 0 aliphatic carbocycles. The zero-order valence-corrected chi connectivity index (χ0v) is 14.8. The van der Waals surface area contributed by atoms with E-state index < -0.39 is 27.8 Å². The van der Waals surface area contributed by atoms with E-state index in [-0.39, 0.29) is 18.7 Å². The van der Waals surface area contributed by atoms with Crippen LogP contribution in [0.25, 0.3) is 0 Å². The fourth-order valence-electron chi connectivity index (χ4n) is 2.46. The number of pyridine rings is 1. The maximum atomic E-state index is 13.1. The van der Waals surface area contributed by atoms with Gasteiger partial charge in [0, 0.05) is 18.9 Å². The van der Waals surface area contributed by atoms with Crippen molar-refractivity contribution in [3.05, 3.63) is 60.2 Å². The Hall–Kier alpha value is -2.48. The van der Waals surface area contributed by atoms with E-state index in [2.05, 4.69) is 10.3 Å². The number of halogens is 1. The third kappa shape index (κ3) is 4.99. The van der Waals surface area contributed by atoms with Gasteiger partial charge in [0.1, 0.15) is 11.9 Å². The number of anilines is 1. The van der Waals surface area contributed by atoms with Crippen molar-refractivity contribution in [1.82, 2.24) is 10.3 Å². The number of carbonyl (C=O) groups is 1. The minimum Gasteiger partial charge on any atom is -0.350 e. The first-order valence-corrected chi connectivity index (χ1v) is 9.59. The highest BCUT2D eigenvalue weighted by molar-refractivity contribution is 7.92. The molecule has 0 saturated carbocycles. The van der Waals surface area contributed by atoms with E-state index in [1.807, 2.05) is 6.07 Å². The highest BCUT2D eigenvalue weighted by Gasteiger charge is 2.31. The van der Waals surface area contributed by atoms with E-state index in [0.717, 1.165) is 28.3 Å². The Kier molecular flexibility index (Phi) is 6.08. The molecule has 1 N–H and O–H groups in total. The number of sulfonamides is 1. The Labute approximate surface area is 146 Å². The molecule has 25 heavy (non-hydrogen) atoms. The van der Waals surface area contributed by atoms with Crippen LogP contribution in [0, 0.1) is 5.82 Å². The first kappa shape index (κ1) is 18.9. The van der Waals surface area contributed by atoms with E-state index in [1.165, 1.54) is 12.1 Å². The highest BCUT2D eigenvalue weighted by Crippen LogP contribution is 2.22. The number of hydrogen-bond acceptors (Lipinski definition) is 4. The summed E-state index contributed by atoms with van der Waals surface area (Å²) in [4.78, 5) is 16.5. The molecule has 0 saturated heterocycles. The Morgan fingerprint density at radius 2 is 1.96 bits per heavy atom. The zero-order valence-electron chi connectivity index (χ0n) is 14.0. The van der Waals surface area contributed by atoms with Crippen LogP contribution in [0.3, 0.4) is 0 Å². The second kappa shape index (κ2) is 8.06. The average molecular weight is 365 g/mol. The lowest BCUT2D eigenvalue weighted by Crippen LogP contribution is -2.49. The summed E-state index contributed by atoms with van der Waals surface area (Å²) in [6.07, 6.45) is 4.53. The minimum absolute atomic E-state index is 0.240. The van der Waals surface area contributed by atoms with Crippen LogP contribution >= 0.6 is 0 Å². The number of nitrogens with one attached hydrogen (secondary N) is 1. The number of amides is 1. The molecule has 8 heteroatoms. The molecule has 0 spiro atoms. The Balaban J connectivity index is 2.23. The molecule has 1 unspecified atom stereocenters. The summed E-state index contributed by atoms with van der Waals surface area (Å²) in [5, 5.41) is 2.72. The quantitative estimate of drug-likeness (QED) is 0.815. The third-order valence-corrected chi connectivity index (χ3v) is 4.78. The first-order chi connectivity index (χ1) is 11.8. The first-order valence-electron chi connectivity index (χ1n) is 7.74. The predicted octanol–water partition coefficient (Wildman–Crippen LogP) is 2.08. The second-order valence-electron chi connectivity index (χ2n) is 5.54. The van der Waals surface area contributed by atoms with Crippen LogP contribution in [0.5, 0.6) is 0 Å². The van der Waals surface area contributed by atoms with Gasteiger partial charge in [-0.05, 0) is 42.3 Å². The third-order valence-electron chi connectivity index (χ3n) is 3.60. The van der Waals surface area contributed by atoms with Gasteiger partial charge in [-0.2, -0.15) is 0 Å². The molecule has 1 aromatic heterocycles. The molecule has 0 radical (unpaired) electrons. The number of aromatic nitrogens is 1. The summed E-state index contributed by atoms with van der Waals surface area (Å²) in [7, 11) is -3.73. The van der Waals surface area contributed by atoms with Crippen molar-refractivity contribution in [1.29, 1.82) is 0 Å². The van der Waals surface area contributed by atoms with Crippen LogP contribution in [0.15, 0.2) is 48.8 Å². The molecule has 1 amide bonds. The number of rotatable bonds is 7. The molecule has 0 aliphatic rings. The molecular weight excluding hydrogens is 345 g/mol. The maximum Gasteiger partial charge on any atom is 0.244 e. The van der Waals surface area contributed by atoms with Crippen LogP contribution in [0.4, 0.5) is 10.1 Å². The van der Waals surface area contributed by atoms with Gasteiger partial charge < -0.3 is 5.32 Å². The number of carbonyl (C=O) groups excluding carboxylic acids is 1. The summed E-state index contributed by atoms with van der Waals surface area (Å²) in [5.41, 5.74) is 1.05. The van der Waals surface area contributed by atoms with Gasteiger partial charge in [-0.1, -0.05) is 13.0 Å². The lowest BCUT2D eigenvalue weighted by Gasteiger charge is -2.30. The fraction of sp³-hybridized carbons (Fsp3) is 0.294. The Bertz CT molecular complexity index is 811. The highest BCUT2D eigenvalue weighted by atomic mass is 32.2. The van der Waals surface area contributed by atoms with E-state index in [0.29, 0.717) is 0 Å². The minimum atomic E-state index is -3.73. The summed E-state index contributed by atoms with van der Waals surface area (Å²) in [6, 6.07) is 7.63. The lowest BCUT2D eigenvalue weighted by molar-refractivity contribution is -0.122. The van der Waals surface area contributed by atoms with E-state index in [1.54, 1.807) is 25.4 Å². The van der Waals surface area contributed by atoms with Crippen molar-refractivity contribution in [2.24, 2.45) is 0 Å². The second-order valence-corrected chi connectivity index (χ2v) is 7.40. The summed E-state index contributed by atoms with van der Waals surface area (Å²) < 4.78 is 38.6. The molecule has 0 bridgehead atoms. The molecule has 1 aromatic carbocycles. The number of nitrogens with zero attached hydrogens (tertiary/aromatic N) is 2. The Morgan fingerprint density at radius 1 is 1.28 bits per heavy atom.